The van der Waals surface area contributed by atoms with E-state index in [1.165, 1.54) is 0 Å². The van der Waals surface area contributed by atoms with E-state index in [0.717, 1.165) is 23.9 Å². The summed E-state index contributed by atoms with van der Waals surface area (Å²) in [6.07, 6.45) is 6.91. The molecule has 1 saturated carbocycles. The number of halogens is 1. The van der Waals surface area contributed by atoms with Crippen molar-refractivity contribution in [1.29, 1.82) is 0 Å². The minimum absolute atomic E-state index is 0.00334. The topological polar surface area (TPSA) is 97.4 Å². The Morgan fingerprint density at radius 1 is 1.21 bits per heavy atom. The summed E-state index contributed by atoms with van der Waals surface area (Å²) in [5.74, 6) is -0.601. The number of nitrogens with zero attached hydrogens (tertiary/aromatic N) is 3. The van der Waals surface area contributed by atoms with Crippen LogP contribution in [0, 0.1) is 0 Å². The van der Waals surface area contributed by atoms with Gasteiger partial charge in [0.15, 0.2) is 0 Å². The van der Waals surface area contributed by atoms with Gasteiger partial charge in [-0.1, -0.05) is 30.3 Å². The maximum atomic E-state index is 13.1. The third-order valence-electron chi connectivity index (χ3n) is 5.92. The molecule has 4 aromatic rings. The van der Waals surface area contributed by atoms with Crippen molar-refractivity contribution in [2.24, 2.45) is 0 Å². The van der Waals surface area contributed by atoms with Crippen LogP contribution in [0.25, 0.3) is 10.9 Å². The number of aromatic hydroxyl groups is 1. The smallest absolute Gasteiger partial charge is 0.338 e. The van der Waals surface area contributed by atoms with Gasteiger partial charge in [0.2, 0.25) is 0 Å². The number of carboxylic acid groups (broad SMARTS) is 1. The molecule has 0 aliphatic heterocycles. The van der Waals surface area contributed by atoms with Crippen LogP contribution in [-0.2, 0) is 28.9 Å². The van der Waals surface area contributed by atoms with Gasteiger partial charge in [0.05, 0.1) is 34.2 Å². The van der Waals surface area contributed by atoms with Crippen molar-refractivity contribution in [2.45, 2.75) is 36.9 Å². The number of aromatic carboxylic acids is 1. The minimum Gasteiger partial charge on any atom is -0.506 e. The molecule has 5 rings (SSSR count). The lowest BCUT2D eigenvalue weighted by Gasteiger charge is -2.12. The van der Waals surface area contributed by atoms with E-state index in [-0.39, 0.29) is 29.7 Å². The lowest BCUT2D eigenvalue weighted by molar-refractivity contribution is 0.0697. The third-order valence-corrected chi connectivity index (χ3v) is 7.77. The van der Waals surface area contributed by atoms with Crippen LogP contribution < -0.4 is 0 Å². The van der Waals surface area contributed by atoms with Crippen LogP contribution in [0.3, 0.4) is 0 Å². The Morgan fingerprint density at radius 2 is 1.97 bits per heavy atom. The van der Waals surface area contributed by atoms with Crippen molar-refractivity contribution < 1.29 is 19.2 Å². The summed E-state index contributed by atoms with van der Waals surface area (Å²) in [6.45, 7) is 0.267. The Hall–Kier alpha value is -2.91. The van der Waals surface area contributed by atoms with Crippen LogP contribution in [0.15, 0.2) is 59.6 Å². The summed E-state index contributed by atoms with van der Waals surface area (Å²) in [7, 11) is -1.30. The lowest BCUT2D eigenvalue weighted by atomic mass is 10.0. The van der Waals surface area contributed by atoms with Crippen LogP contribution in [0.4, 0.5) is 0 Å². The Bertz CT molecular complexity index is 1360. The summed E-state index contributed by atoms with van der Waals surface area (Å²) in [5.41, 5.74) is 2.86. The number of fused-ring (bicyclic) bond motifs is 1. The molecule has 1 unspecified atom stereocenters. The third kappa shape index (κ3) is 4.22. The number of imidazole rings is 1. The van der Waals surface area contributed by atoms with E-state index >= 15 is 0 Å². The molecule has 2 heterocycles. The predicted octanol–water partition coefficient (Wildman–Crippen LogP) is 4.84. The Kier molecular flexibility index (Phi) is 5.84. The fraction of sp³-hybridized carbons (Fsp3) is 0.250. The molecule has 9 heteroatoms. The van der Waals surface area contributed by atoms with Gasteiger partial charge in [0.1, 0.15) is 5.75 Å². The summed E-state index contributed by atoms with van der Waals surface area (Å²) in [5, 5.41) is 21.7. The van der Waals surface area contributed by atoms with E-state index in [0.29, 0.717) is 26.9 Å². The molecule has 0 bridgehead atoms. The van der Waals surface area contributed by atoms with Gasteiger partial charge in [0, 0.05) is 51.6 Å². The largest absolute Gasteiger partial charge is 0.506 e. The zero-order chi connectivity index (χ0) is 23.1. The number of rotatable bonds is 8. The van der Waals surface area contributed by atoms with Gasteiger partial charge in [-0.05, 0) is 40.4 Å². The van der Waals surface area contributed by atoms with Gasteiger partial charge in [-0.25, -0.2) is 9.78 Å². The lowest BCUT2D eigenvalue weighted by Crippen LogP contribution is -2.10. The number of carbonyl (C=O) groups is 1. The number of hydrogen-bond donors (Lipinski definition) is 2. The first-order valence-corrected chi connectivity index (χ1v) is 12.9. The Morgan fingerprint density at radius 3 is 2.61 bits per heavy atom. The molecule has 1 atom stereocenters. The fourth-order valence-electron chi connectivity index (χ4n) is 4.36. The zero-order valence-corrected chi connectivity index (χ0v) is 20.1. The van der Waals surface area contributed by atoms with Gasteiger partial charge < -0.3 is 19.3 Å². The molecule has 1 aliphatic rings. The second-order valence-corrected chi connectivity index (χ2v) is 10.6. The van der Waals surface area contributed by atoms with Gasteiger partial charge >= 0.3 is 5.97 Å². The van der Waals surface area contributed by atoms with E-state index in [1.807, 2.05) is 34.9 Å². The minimum atomic E-state index is -1.30. The number of aromatic nitrogens is 3. The van der Waals surface area contributed by atoms with Gasteiger partial charge in [-0.2, -0.15) is 0 Å². The molecule has 0 spiro atoms. The number of hydrogen-bond acceptors (Lipinski definition) is 4. The molecule has 7 nitrogen and oxygen atoms in total. The number of phenolic OH excluding ortho intramolecular Hbond substituents is 1. The van der Waals surface area contributed by atoms with Crippen molar-refractivity contribution in [3.63, 3.8) is 0 Å². The first kappa shape index (κ1) is 21.9. The van der Waals surface area contributed by atoms with Crippen molar-refractivity contribution in [3.05, 3.63) is 82.0 Å². The van der Waals surface area contributed by atoms with Crippen molar-refractivity contribution in [3.8, 4) is 5.75 Å². The second-order valence-electron chi connectivity index (χ2n) is 8.26. The highest BCUT2D eigenvalue weighted by Gasteiger charge is 2.34. The van der Waals surface area contributed by atoms with Crippen molar-refractivity contribution in [1.82, 2.24) is 14.1 Å². The van der Waals surface area contributed by atoms with Crippen LogP contribution in [0.2, 0.25) is 0 Å². The molecule has 170 valence electrons. The Labute approximate surface area is 201 Å². The Balaban J connectivity index is 1.68. The molecule has 0 radical (unpaired) electrons. The highest BCUT2D eigenvalue weighted by molar-refractivity contribution is 9.10. The standard InChI is InChI=1S/C24H22BrN3O4S/c25-18-10-19-21(17(23(18)29)11-27-9-8-26-14-27)22(24(30)31)20(28(19)16-6-7-16)13-33(32)12-15-4-2-1-3-5-15/h1-5,8-10,14,16,29H,6-7,11-13H2,(H,30,31). The van der Waals surface area contributed by atoms with Crippen LogP contribution in [-0.4, -0.2) is 34.5 Å². The number of phenols is 1. The maximum absolute atomic E-state index is 13.1. The van der Waals surface area contributed by atoms with Crippen LogP contribution >= 0.6 is 15.9 Å². The second kappa shape index (κ2) is 8.79. The molecule has 2 aromatic heterocycles. The van der Waals surface area contributed by atoms with Gasteiger partial charge in [-0.15, -0.1) is 0 Å². The zero-order valence-electron chi connectivity index (χ0n) is 17.6. The average molecular weight is 528 g/mol. The molecular weight excluding hydrogens is 506 g/mol. The maximum Gasteiger partial charge on any atom is 0.338 e. The molecule has 2 N–H and O–H groups in total. The van der Waals surface area contributed by atoms with Crippen LogP contribution in [0.5, 0.6) is 5.75 Å². The summed E-state index contributed by atoms with van der Waals surface area (Å²) in [6, 6.07) is 11.5. The molecule has 0 amide bonds. The van der Waals surface area contributed by atoms with E-state index in [2.05, 4.69) is 20.9 Å². The monoisotopic (exact) mass is 527 g/mol. The van der Waals surface area contributed by atoms with Crippen molar-refractivity contribution in [2.75, 3.05) is 0 Å². The molecule has 0 saturated heterocycles. The highest BCUT2D eigenvalue weighted by atomic mass is 79.9. The summed E-state index contributed by atoms with van der Waals surface area (Å²) in [4.78, 5) is 16.6. The fourth-order valence-corrected chi connectivity index (χ4v) is 6.07. The van der Waals surface area contributed by atoms with Gasteiger partial charge in [-0.3, -0.25) is 4.21 Å². The number of benzene rings is 2. The van der Waals surface area contributed by atoms with Crippen LogP contribution in [0.1, 0.15) is 46.1 Å². The van der Waals surface area contributed by atoms with Crippen molar-refractivity contribution >= 4 is 43.6 Å². The van der Waals surface area contributed by atoms with E-state index in [4.69, 9.17) is 0 Å². The summed E-state index contributed by atoms with van der Waals surface area (Å²) >= 11 is 3.45. The normalized spacial score (nSPS) is 14.6. The molecule has 1 aliphatic carbocycles. The summed E-state index contributed by atoms with van der Waals surface area (Å²) < 4.78 is 17.5. The molecule has 33 heavy (non-hydrogen) atoms. The van der Waals surface area contributed by atoms with E-state index in [1.54, 1.807) is 29.4 Å². The highest BCUT2D eigenvalue weighted by Crippen LogP contribution is 2.46. The van der Waals surface area contributed by atoms with E-state index in [9.17, 15) is 19.2 Å². The predicted molar refractivity (Wildman–Crippen MR) is 130 cm³/mol. The molecule has 1 fully saturated rings. The quantitative estimate of drug-likeness (QED) is 0.341. The first-order chi connectivity index (χ1) is 15.9. The first-order valence-electron chi connectivity index (χ1n) is 10.6. The average Bonchev–Trinajstić information content (AvgIpc) is 3.38. The molecule has 2 aromatic carbocycles. The SMILES string of the molecule is O=C(O)c1c(CS(=O)Cc2ccccc2)n(C2CC2)c2cc(Br)c(O)c(Cn3ccnc3)c12. The van der Waals surface area contributed by atoms with E-state index < -0.39 is 16.8 Å². The molecular formula is C24H22BrN3O4S. The van der Waals surface area contributed by atoms with Gasteiger partial charge in [0.25, 0.3) is 0 Å². The number of carboxylic acids is 1.